The van der Waals surface area contributed by atoms with Gasteiger partial charge in [-0.2, -0.15) is 0 Å². The molecule has 0 fully saturated rings. The quantitative estimate of drug-likeness (QED) is 0.437. The Kier molecular flexibility index (Phi) is 5.94. The summed E-state index contributed by atoms with van der Waals surface area (Å²) in [5, 5.41) is 13.8. The first-order valence-corrected chi connectivity index (χ1v) is 10.9. The lowest BCUT2D eigenvalue weighted by Gasteiger charge is -2.11. The van der Waals surface area contributed by atoms with E-state index in [1.807, 2.05) is 35.8 Å². The number of imidazole rings is 1. The monoisotopic (exact) mass is 424 g/mol. The largest absolute Gasteiger partial charge is 0.390 e. The summed E-state index contributed by atoms with van der Waals surface area (Å²) in [5.74, 6) is 0.0793. The van der Waals surface area contributed by atoms with Crippen molar-refractivity contribution in [2.24, 2.45) is 0 Å². The summed E-state index contributed by atoms with van der Waals surface area (Å²) in [6.07, 6.45) is 1.65. The van der Waals surface area contributed by atoms with Crippen LogP contribution in [-0.4, -0.2) is 31.3 Å². The van der Waals surface area contributed by atoms with E-state index in [-0.39, 0.29) is 18.3 Å². The summed E-state index contributed by atoms with van der Waals surface area (Å²) in [4.78, 5) is 21.2. The number of carbonyl (C=O) groups is 1. The minimum Gasteiger partial charge on any atom is -0.390 e. The molecule has 0 saturated heterocycles. The molecule has 2 heterocycles. The van der Waals surface area contributed by atoms with E-state index < -0.39 is 0 Å². The van der Waals surface area contributed by atoms with Crippen LogP contribution in [0.2, 0.25) is 0 Å². The fourth-order valence-corrected chi connectivity index (χ4v) is 4.57. The fourth-order valence-electron chi connectivity index (χ4n) is 2.89. The van der Waals surface area contributed by atoms with Crippen molar-refractivity contribution in [3.05, 3.63) is 71.5 Å². The van der Waals surface area contributed by atoms with Gasteiger partial charge in [-0.05, 0) is 24.6 Å². The number of benzene rings is 2. The van der Waals surface area contributed by atoms with E-state index in [4.69, 9.17) is 0 Å². The number of fused-ring (bicyclic) bond motifs is 1. The average molecular weight is 425 g/mol. The van der Waals surface area contributed by atoms with Gasteiger partial charge in [-0.25, -0.2) is 9.97 Å². The molecule has 4 aromatic rings. The van der Waals surface area contributed by atoms with Crippen molar-refractivity contribution < 1.29 is 9.90 Å². The number of aliphatic hydroxyl groups excluding tert-OH is 1. The Morgan fingerprint density at radius 2 is 2.00 bits per heavy atom. The van der Waals surface area contributed by atoms with Crippen LogP contribution in [0.1, 0.15) is 16.8 Å². The third kappa shape index (κ3) is 4.67. The molecule has 0 atom stereocenters. The van der Waals surface area contributed by atoms with Crippen molar-refractivity contribution in [1.82, 2.24) is 14.5 Å². The Morgan fingerprint density at radius 1 is 1.21 bits per heavy atom. The zero-order valence-electron chi connectivity index (χ0n) is 15.8. The lowest BCUT2D eigenvalue weighted by molar-refractivity contribution is -0.113. The van der Waals surface area contributed by atoms with Gasteiger partial charge < -0.3 is 15.0 Å². The number of amides is 1. The standard InChI is InChI=1S/C21H20N4O2S2/c1-14-6-8-15(9-7-14)11-25-16(12-26)10-22-21(25)28-13-19(27)24-20-23-17-4-2-3-5-18(17)29-20/h2-10,26H,11-13H2,1H3,(H,23,24,27). The first kappa shape index (κ1) is 19.6. The Hall–Kier alpha value is -2.68. The highest BCUT2D eigenvalue weighted by molar-refractivity contribution is 7.99. The Morgan fingerprint density at radius 3 is 2.76 bits per heavy atom. The molecule has 6 nitrogen and oxygen atoms in total. The van der Waals surface area contributed by atoms with Crippen LogP contribution < -0.4 is 5.32 Å². The number of thioether (sulfide) groups is 1. The van der Waals surface area contributed by atoms with Gasteiger partial charge in [0, 0.05) is 6.54 Å². The third-order valence-electron chi connectivity index (χ3n) is 4.40. The smallest absolute Gasteiger partial charge is 0.236 e. The molecule has 0 unspecified atom stereocenters. The number of aromatic nitrogens is 3. The van der Waals surface area contributed by atoms with Crippen molar-refractivity contribution in [3.8, 4) is 0 Å². The normalized spacial score (nSPS) is 11.1. The van der Waals surface area contributed by atoms with Crippen molar-refractivity contribution in [3.63, 3.8) is 0 Å². The number of aliphatic hydroxyl groups is 1. The molecule has 0 aliphatic heterocycles. The first-order valence-electron chi connectivity index (χ1n) is 9.11. The Bertz CT molecular complexity index is 1100. The molecule has 0 spiro atoms. The number of aryl methyl sites for hydroxylation is 1. The van der Waals surface area contributed by atoms with Crippen molar-refractivity contribution in [1.29, 1.82) is 0 Å². The van der Waals surface area contributed by atoms with Gasteiger partial charge in [-0.15, -0.1) is 0 Å². The van der Waals surface area contributed by atoms with E-state index in [1.165, 1.54) is 28.7 Å². The van der Waals surface area contributed by atoms with E-state index >= 15 is 0 Å². The molecule has 0 saturated carbocycles. The molecule has 29 heavy (non-hydrogen) atoms. The van der Waals surface area contributed by atoms with E-state index in [9.17, 15) is 9.90 Å². The lowest BCUT2D eigenvalue weighted by atomic mass is 10.1. The summed E-state index contributed by atoms with van der Waals surface area (Å²) in [6.45, 7) is 2.54. The molecule has 0 aliphatic rings. The van der Waals surface area contributed by atoms with Gasteiger partial charge in [0.1, 0.15) is 0 Å². The van der Waals surface area contributed by atoms with E-state index in [0.717, 1.165) is 21.5 Å². The number of nitrogens with zero attached hydrogens (tertiary/aromatic N) is 3. The second kappa shape index (κ2) is 8.77. The van der Waals surface area contributed by atoms with Crippen LogP contribution in [0, 0.1) is 6.92 Å². The predicted octanol–water partition coefficient (Wildman–Crippen LogP) is 4.07. The molecule has 8 heteroatoms. The molecule has 4 rings (SSSR count). The van der Waals surface area contributed by atoms with Gasteiger partial charge in [-0.1, -0.05) is 65.1 Å². The van der Waals surface area contributed by atoms with Gasteiger partial charge in [0.25, 0.3) is 0 Å². The Balaban J connectivity index is 1.42. The number of thiazole rings is 1. The molecular weight excluding hydrogens is 404 g/mol. The number of hydrogen-bond acceptors (Lipinski definition) is 6. The summed E-state index contributed by atoms with van der Waals surface area (Å²) < 4.78 is 2.98. The summed E-state index contributed by atoms with van der Waals surface area (Å²) in [7, 11) is 0. The molecule has 0 aliphatic carbocycles. The third-order valence-corrected chi connectivity index (χ3v) is 6.34. The molecule has 1 amide bonds. The van der Waals surface area contributed by atoms with E-state index in [0.29, 0.717) is 16.8 Å². The fraction of sp³-hybridized carbons (Fsp3) is 0.190. The van der Waals surface area contributed by atoms with Crippen LogP contribution in [0.25, 0.3) is 10.2 Å². The molecule has 2 N–H and O–H groups in total. The zero-order valence-corrected chi connectivity index (χ0v) is 17.5. The number of hydrogen-bond donors (Lipinski definition) is 2. The highest BCUT2D eigenvalue weighted by atomic mass is 32.2. The zero-order chi connectivity index (χ0) is 20.2. The maximum absolute atomic E-state index is 12.4. The van der Waals surface area contributed by atoms with Crippen LogP contribution in [0.15, 0.2) is 59.9 Å². The van der Waals surface area contributed by atoms with Crippen LogP contribution in [0.3, 0.4) is 0 Å². The molecule has 2 aromatic heterocycles. The van der Waals surface area contributed by atoms with Gasteiger partial charge in [0.2, 0.25) is 5.91 Å². The predicted molar refractivity (Wildman–Crippen MR) is 117 cm³/mol. The molecule has 0 radical (unpaired) electrons. The van der Waals surface area contributed by atoms with Crippen LogP contribution in [-0.2, 0) is 17.9 Å². The van der Waals surface area contributed by atoms with E-state index in [1.54, 1.807) is 6.20 Å². The second-order valence-corrected chi connectivity index (χ2v) is 8.56. The molecule has 2 aromatic carbocycles. The van der Waals surface area contributed by atoms with Gasteiger partial charge in [0.05, 0.1) is 34.5 Å². The Labute approximate surface area is 176 Å². The van der Waals surface area contributed by atoms with Gasteiger partial charge in [0.15, 0.2) is 10.3 Å². The van der Waals surface area contributed by atoms with Crippen molar-refractivity contribution in [2.45, 2.75) is 25.2 Å². The highest BCUT2D eigenvalue weighted by Crippen LogP contribution is 2.26. The van der Waals surface area contributed by atoms with Gasteiger partial charge >= 0.3 is 0 Å². The second-order valence-electron chi connectivity index (χ2n) is 6.59. The maximum atomic E-state index is 12.4. The molecule has 0 bridgehead atoms. The van der Waals surface area contributed by atoms with Crippen LogP contribution >= 0.6 is 23.1 Å². The number of rotatable bonds is 7. The number of anilines is 1. The topological polar surface area (TPSA) is 80.0 Å². The average Bonchev–Trinajstić information content (AvgIpc) is 3.31. The van der Waals surface area contributed by atoms with Gasteiger partial charge in [-0.3, -0.25) is 4.79 Å². The number of para-hydroxylation sites is 1. The highest BCUT2D eigenvalue weighted by Gasteiger charge is 2.14. The van der Waals surface area contributed by atoms with Crippen LogP contribution in [0.5, 0.6) is 0 Å². The SMILES string of the molecule is Cc1ccc(Cn2c(CO)cnc2SCC(=O)Nc2nc3ccccc3s2)cc1. The summed E-state index contributed by atoms with van der Waals surface area (Å²) in [6, 6.07) is 16.0. The van der Waals surface area contributed by atoms with E-state index in [2.05, 4.69) is 39.6 Å². The van der Waals surface area contributed by atoms with Crippen molar-refractivity contribution >= 4 is 44.4 Å². The minimum absolute atomic E-state index is 0.0999. The van der Waals surface area contributed by atoms with Crippen LogP contribution in [0.4, 0.5) is 5.13 Å². The maximum Gasteiger partial charge on any atom is 0.236 e. The summed E-state index contributed by atoms with van der Waals surface area (Å²) >= 11 is 2.80. The molecule has 148 valence electrons. The number of carbonyl (C=O) groups excluding carboxylic acids is 1. The lowest BCUT2D eigenvalue weighted by Crippen LogP contribution is -2.15. The first-order chi connectivity index (χ1) is 14.1. The minimum atomic E-state index is -0.135. The molecular formula is C21H20N4O2S2. The van der Waals surface area contributed by atoms with Crippen molar-refractivity contribution in [2.75, 3.05) is 11.1 Å². The number of nitrogens with one attached hydrogen (secondary N) is 1. The summed E-state index contributed by atoms with van der Waals surface area (Å²) in [5.41, 5.74) is 3.91.